The van der Waals surface area contributed by atoms with Crippen LogP contribution in [0.5, 0.6) is 11.5 Å². The highest BCUT2D eigenvalue weighted by Crippen LogP contribution is 2.24. The van der Waals surface area contributed by atoms with Crippen molar-refractivity contribution in [3.8, 4) is 11.5 Å². The normalized spacial score (nSPS) is 10.3. The molecule has 0 radical (unpaired) electrons. The number of pyridine rings is 1. The SMILES string of the molecule is O=C(Nc1cccnc1)c1ccccc1OCc1ccccc1OCc1ccccc1. The Morgan fingerprint density at radius 2 is 1.45 bits per heavy atom. The standard InChI is InChI=1S/C26H22N2O3/c29-26(28-22-12-8-16-27-17-22)23-13-5-7-15-25(23)31-19-21-11-4-6-14-24(21)30-18-20-9-2-1-3-10-20/h1-17H,18-19H2,(H,28,29). The molecular formula is C26H22N2O3. The van der Waals surface area contributed by atoms with E-state index in [4.69, 9.17) is 9.47 Å². The Morgan fingerprint density at radius 1 is 0.742 bits per heavy atom. The Kier molecular flexibility index (Phi) is 6.55. The second-order valence-electron chi connectivity index (χ2n) is 6.86. The van der Waals surface area contributed by atoms with E-state index < -0.39 is 0 Å². The van der Waals surface area contributed by atoms with Crippen LogP contribution in [0.15, 0.2) is 103 Å². The van der Waals surface area contributed by atoms with Crippen molar-refractivity contribution in [2.75, 3.05) is 5.32 Å². The van der Waals surface area contributed by atoms with Gasteiger partial charge in [-0.15, -0.1) is 0 Å². The third kappa shape index (κ3) is 5.48. The van der Waals surface area contributed by atoms with Gasteiger partial charge in [-0.3, -0.25) is 9.78 Å². The zero-order chi connectivity index (χ0) is 21.3. The van der Waals surface area contributed by atoms with Gasteiger partial charge in [-0.1, -0.05) is 60.7 Å². The molecule has 4 aromatic rings. The van der Waals surface area contributed by atoms with Gasteiger partial charge in [0.05, 0.1) is 17.4 Å². The molecule has 0 fully saturated rings. The van der Waals surface area contributed by atoms with E-state index in [0.717, 1.165) is 16.9 Å². The van der Waals surface area contributed by atoms with E-state index in [-0.39, 0.29) is 12.5 Å². The van der Waals surface area contributed by atoms with E-state index >= 15 is 0 Å². The Morgan fingerprint density at radius 3 is 2.26 bits per heavy atom. The van der Waals surface area contributed by atoms with Gasteiger partial charge >= 0.3 is 0 Å². The Balaban J connectivity index is 1.45. The molecule has 5 nitrogen and oxygen atoms in total. The highest BCUT2D eigenvalue weighted by Gasteiger charge is 2.13. The molecule has 0 unspecified atom stereocenters. The number of hydrogen-bond donors (Lipinski definition) is 1. The number of benzene rings is 3. The first kappa shape index (κ1) is 20.2. The predicted molar refractivity (Wildman–Crippen MR) is 120 cm³/mol. The molecule has 0 saturated carbocycles. The number of anilines is 1. The number of hydrogen-bond acceptors (Lipinski definition) is 4. The van der Waals surface area contributed by atoms with E-state index in [1.165, 1.54) is 0 Å². The molecule has 1 heterocycles. The number of aromatic nitrogens is 1. The van der Waals surface area contributed by atoms with Gasteiger partial charge in [-0.05, 0) is 35.9 Å². The third-order valence-corrected chi connectivity index (χ3v) is 4.64. The van der Waals surface area contributed by atoms with Gasteiger partial charge in [0.15, 0.2) is 0 Å². The molecule has 0 saturated heterocycles. The fourth-order valence-corrected chi connectivity index (χ4v) is 3.07. The summed E-state index contributed by atoms with van der Waals surface area (Å²) in [6.45, 7) is 0.754. The van der Waals surface area contributed by atoms with Gasteiger partial charge < -0.3 is 14.8 Å². The molecule has 0 spiro atoms. The smallest absolute Gasteiger partial charge is 0.259 e. The van der Waals surface area contributed by atoms with Crippen LogP contribution < -0.4 is 14.8 Å². The van der Waals surface area contributed by atoms with Crippen LogP contribution in [-0.2, 0) is 13.2 Å². The average Bonchev–Trinajstić information content (AvgIpc) is 2.83. The number of rotatable bonds is 8. The van der Waals surface area contributed by atoms with Crippen LogP contribution in [0.25, 0.3) is 0 Å². The van der Waals surface area contributed by atoms with Crippen molar-refractivity contribution >= 4 is 11.6 Å². The van der Waals surface area contributed by atoms with Crippen LogP contribution in [0, 0.1) is 0 Å². The maximum Gasteiger partial charge on any atom is 0.259 e. The molecule has 0 atom stereocenters. The van der Waals surface area contributed by atoms with Crippen molar-refractivity contribution in [2.45, 2.75) is 13.2 Å². The first-order chi connectivity index (χ1) is 15.3. The fraction of sp³-hybridized carbons (Fsp3) is 0.0769. The molecule has 1 N–H and O–H groups in total. The maximum atomic E-state index is 12.7. The first-order valence-corrected chi connectivity index (χ1v) is 9.97. The summed E-state index contributed by atoms with van der Waals surface area (Å²) in [6.07, 6.45) is 3.26. The zero-order valence-electron chi connectivity index (χ0n) is 16.9. The fourth-order valence-electron chi connectivity index (χ4n) is 3.07. The number of carbonyl (C=O) groups excluding carboxylic acids is 1. The van der Waals surface area contributed by atoms with Crippen molar-refractivity contribution in [1.82, 2.24) is 4.98 Å². The van der Waals surface area contributed by atoms with E-state index in [1.807, 2.05) is 66.7 Å². The lowest BCUT2D eigenvalue weighted by molar-refractivity contribution is 0.102. The van der Waals surface area contributed by atoms with E-state index in [2.05, 4.69) is 10.3 Å². The van der Waals surface area contributed by atoms with Crippen molar-refractivity contribution in [1.29, 1.82) is 0 Å². The zero-order valence-corrected chi connectivity index (χ0v) is 16.9. The number of ether oxygens (including phenoxy) is 2. The molecule has 4 rings (SSSR count). The van der Waals surface area contributed by atoms with Crippen LogP contribution in [0.2, 0.25) is 0 Å². The molecule has 0 aliphatic rings. The second kappa shape index (κ2) is 10.1. The summed E-state index contributed by atoms with van der Waals surface area (Å²) in [7, 11) is 0. The highest BCUT2D eigenvalue weighted by atomic mass is 16.5. The number of para-hydroxylation sites is 2. The van der Waals surface area contributed by atoms with Crippen LogP contribution in [-0.4, -0.2) is 10.9 Å². The van der Waals surface area contributed by atoms with Gasteiger partial charge in [0, 0.05) is 11.8 Å². The largest absolute Gasteiger partial charge is 0.488 e. The summed E-state index contributed by atoms with van der Waals surface area (Å²) < 4.78 is 12.0. The van der Waals surface area contributed by atoms with E-state index in [1.54, 1.807) is 36.7 Å². The molecule has 3 aromatic carbocycles. The Bertz CT molecular complexity index is 1130. The second-order valence-corrected chi connectivity index (χ2v) is 6.86. The number of nitrogens with one attached hydrogen (secondary N) is 1. The van der Waals surface area contributed by atoms with Crippen molar-refractivity contribution in [3.05, 3.63) is 120 Å². The minimum atomic E-state index is -0.253. The van der Waals surface area contributed by atoms with Crippen molar-refractivity contribution in [2.24, 2.45) is 0 Å². The summed E-state index contributed by atoms with van der Waals surface area (Å²) in [5.74, 6) is 1.00. The molecule has 1 aromatic heterocycles. The van der Waals surface area contributed by atoms with Gasteiger partial charge in [0.1, 0.15) is 24.7 Å². The number of carbonyl (C=O) groups is 1. The molecule has 1 amide bonds. The van der Waals surface area contributed by atoms with Gasteiger partial charge in [-0.25, -0.2) is 0 Å². The van der Waals surface area contributed by atoms with Gasteiger partial charge in [-0.2, -0.15) is 0 Å². The maximum absolute atomic E-state index is 12.7. The third-order valence-electron chi connectivity index (χ3n) is 4.64. The first-order valence-electron chi connectivity index (χ1n) is 9.97. The predicted octanol–water partition coefficient (Wildman–Crippen LogP) is 5.49. The topological polar surface area (TPSA) is 60.5 Å². The van der Waals surface area contributed by atoms with Crippen LogP contribution in [0.4, 0.5) is 5.69 Å². The summed E-state index contributed by atoms with van der Waals surface area (Å²) in [6, 6.07) is 28.5. The molecule has 0 bridgehead atoms. The number of nitrogens with zero attached hydrogens (tertiary/aromatic N) is 1. The molecule has 5 heteroatoms. The van der Waals surface area contributed by atoms with E-state index in [0.29, 0.717) is 23.6 Å². The number of amides is 1. The summed E-state index contributed by atoms with van der Waals surface area (Å²) in [5.41, 5.74) is 3.08. The summed E-state index contributed by atoms with van der Waals surface area (Å²) in [4.78, 5) is 16.7. The highest BCUT2D eigenvalue weighted by molar-refractivity contribution is 6.06. The summed E-state index contributed by atoms with van der Waals surface area (Å²) in [5, 5.41) is 2.84. The van der Waals surface area contributed by atoms with Crippen molar-refractivity contribution < 1.29 is 14.3 Å². The van der Waals surface area contributed by atoms with E-state index in [9.17, 15) is 4.79 Å². The van der Waals surface area contributed by atoms with Crippen molar-refractivity contribution in [3.63, 3.8) is 0 Å². The average molecular weight is 410 g/mol. The minimum Gasteiger partial charge on any atom is -0.488 e. The molecular weight excluding hydrogens is 388 g/mol. The van der Waals surface area contributed by atoms with Crippen LogP contribution in [0.1, 0.15) is 21.5 Å². The lowest BCUT2D eigenvalue weighted by Gasteiger charge is -2.14. The summed E-state index contributed by atoms with van der Waals surface area (Å²) >= 11 is 0. The molecule has 0 aliphatic heterocycles. The lowest BCUT2D eigenvalue weighted by Crippen LogP contribution is -2.14. The van der Waals surface area contributed by atoms with Crippen LogP contribution in [0.3, 0.4) is 0 Å². The Labute approximate surface area is 181 Å². The molecule has 0 aliphatic carbocycles. The molecule has 154 valence electrons. The monoisotopic (exact) mass is 410 g/mol. The van der Waals surface area contributed by atoms with Gasteiger partial charge in [0.25, 0.3) is 5.91 Å². The van der Waals surface area contributed by atoms with Crippen LogP contribution >= 0.6 is 0 Å². The molecule has 31 heavy (non-hydrogen) atoms. The lowest BCUT2D eigenvalue weighted by atomic mass is 10.1. The van der Waals surface area contributed by atoms with Gasteiger partial charge in [0.2, 0.25) is 0 Å². The minimum absolute atomic E-state index is 0.253. The Hall–Kier alpha value is -4.12. The quantitative estimate of drug-likeness (QED) is 0.417.